The van der Waals surface area contributed by atoms with Crippen LogP contribution >= 0.6 is 0 Å². The van der Waals surface area contributed by atoms with E-state index in [1.54, 1.807) is 0 Å². The first-order valence-electron chi connectivity index (χ1n) is 8.45. The molecule has 22 heavy (non-hydrogen) atoms. The molecular weight excluding hydrogens is 276 g/mol. The van der Waals surface area contributed by atoms with Gasteiger partial charge in [0.05, 0.1) is 0 Å². The van der Waals surface area contributed by atoms with Gasteiger partial charge in [0.15, 0.2) is 0 Å². The molecule has 3 nitrogen and oxygen atoms in total. The van der Waals surface area contributed by atoms with E-state index in [-0.39, 0.29) is 17.6 Å². The molecule has 0 amide bonds. The van der Waals surface area contributed by atoms with Crippen LogP contribution in [0.5, 0.6) is 0 Å². The van der Waals surface area contributed by atoms with Crippen LogP contribution in [0.1, 0.15) is 58.3 Å². The van der Waals surface area contributed by atoms with Crippen molar-refractivity contribution in [3.63, 3.8) is 0 Å². The van der Waals surface area contributed by atoms with Crippen LogP contribution < -0.4 is 0 Å². The van der Waals surface area contributed by atoms with Crippen LogP contribution in [0.4, 0.5) is 0 Å². The van der Waals surface area contributed by atoms with Crippen molar-refractivity contribution < 1.29 is 15.0 Å². The molecule has 0 spiro atoms. The largest absolute Gasteiger partial charge is 0.508 e. The van der Waals surface area contributed by atoms with Crippen molar-refractivity contribution in [2.24, 2.45) is 17.3 Å². The van der Waals surface area contributed by atoms with Gasteiger partial charge in [-0.2, -0.15) is 0 Å². The first-order chi connectivity index (χ1) is 10.5. The highest BCUT2D eigenvalue weighted by Crippen LogP contribution is 2.58. The van der Waals surface area contributed by atoms with Gasteiger partial charge in [-0.1, -0.05) is 38.3 Å². The summed E-state index contributed by atoms with van der Waals surface area (Å²) in [5.41, 5.74) is 1.22. The molecule has 0 heterocycles. The first-order valence-corrected chi connectivity index (χ1v) is 8.45. The molecule has 0 aromatic rings. The van der Waals surface area contributed by atoms with E-state index in [4.69, 9.17) is 5.11 Å². The molecule has 2 aliphatic rings. The van der Waals surface area contributed by atoms with Crippen LogP contribution in [0.3, 0.4) is 0 Å². The normalized spacial score (nSPS) is 32.6. The van der Waals surface area contributed by atoms with E-state index in [9.17, 15) is 9.90 Å². The molecule has 2 fully saturated rings. The Kier molecular flexibility index (Phi) is 5.49. The summed E-state index contributed by atoms with van der Waals surface area (Å²) in [4.78, 5) is 11.0. The summed E-state index contributed by atoms with van der Waals surface area (Å²) in [5, 5.41) is 19.0. The molecule has 2 N–H and O–H groups in total. The Labute approximate surface area is 133 Å². The van der Waals surface area contributed by atoms with Gasteiger partial charge in [-0.15, -0.1) is 0 Å². The predicted molar refractivity (Wildman–Crippen MR) is 88.7 cm³/mol. The molecule has 0 radical (unpaired) electrons. The monoisotopic (exact) mass is 304 g/mol. The topological polar surface area (TPSA) is 57.5 Å². The molecule has 0 aliphatic heterocycles. The molecule has 2 rings (SSSR count). The van der Waals surface area contributed by atoms with Gasteiger partial charge < -0.3 is 10.2 Å². The lowest BCUT2D eigenvalue weighted by atomic mass is 9.51. The van der Waals surface area contributed by atoms with Gasteiger partial charge in [0, 0.05) is 6.42 Å². The Balaban J connectivity index is 2.35. The molecule has 1 atom stereocenters. The van der Waals surface area contributed by atoms with Crippen LogP contribution in [0.2, 0.25) is 0 Å². The van der Waals surface area contributed by atoms with Gasteiger partial charge in [0.25, 0.3) is 0 Å². The zero-order valence-electron chi connectivity index (χ0n) is 13.6. The van der Waals surface area contributed by atoms with Crippen LogP contribution in [-0.2, 0) is 4.79 Å². The highest BCUT2D eigenvalue weighted by molar-refractivity contribution is 5.66. The molecule has 2 aliphatic carbocycles. The van der Waals surface area contributed by atoms with Crippen LogP contribution in [0, 0.1) is 17.3 Å². The van der Waals surface area contributed by atoms with Crippen molar-refractivity contribution in [3.8, 4) is 0 Å². The fraction of sp³-hybridized carbons (Fsp3) is 0.632. The quantitative estimate of drug-likeness (QED) is 0.535. The molecule has 0 saturated heterocycles. The zero-order valence-corrected chi connectivity index (χ0v) is 13.6. The first kappa shape index (κ1) is 16.9. The highest BCUT2D eigenvalue weighted by atomic mass is 16.4. The third-order valence-corrected chi connectivity index (χ3v) is 5.74. The minimum absolute atomic E-state index is 0.0440. The molecule has 0 aromatic carbocycles. The number of carboxylic acid groups (broad SMARTS) is 1. The van der Waals surface area contributed by atoms with E-state index >= 15 is 0 Å². The third-order valence-electron chi connectivity index (χ3n) is 5.74. The molecule has 122 valence electrons. The number of allylic oxidation sites excluding steroid dienone is 4. The lowest BCUT2D eigenvalue weighted by molar-refractivity contribution is -0.138. The molecule has 2 saturated carbocycles. The minimum Gasteiger partial charge on any atom is -0.508 e. The molecule has 1 unspecified atom stereocenters. The number of hydrogen-bond acceptors (Lipinski definition) is 2. The second-order valence-corrected chi connectivity index (χ2v) is 6.76. The summed E-state index contributed by atoms with van der Waals surface area (Å²) in [7, 11) is 0. The van der Waals surface area contributed by atoms with Crippen molar-refractivity contribution in [2.45, 2.75) is 58.3 Å². The lowest BCUT2D eigenvalue weighted by Gasteiger charge is -2.53. The summed E-state index contributed by atoms with van der Waals surface area (Å²) < 4.78 is 0. The van der Waals surface area contributed by atoms with Crippen LogP contribution in [-0.4, -0.2) is 16.2 Å². The smallest absolute Gasteiger partial charge is 0.303 e. The van der Waals surface area contributed by atoms with Gasteiger partial charge in [-0.3, -0.25) is 4.79 Å². The number of aliphatic hydroxyl groups is 1. The third kappa shape index (κ3) is 3.29. The standard InChI is InChI=1S/C19H28O3/c1-3-15(13-16(20)4-2)19-11-5-7-14(8-6-12-19)17(19)9-10-18(21)22/h3-4,13-14,17,20H,2,5-12H2,1H3,(H,21,22)/b15-3+,16-13+. The number of hydrogen-bond donors (Lipinski definition) is 2. The average molecular weight is 304 g/mol. The molecular formula is C19H28O3. The molecule has 3 heteroatoms. The van der Waals surface area contributed by atoms with Crippen LogP contribution in [0.25, 0.3) is 0 Å². The molecule has 0 aromatic heterocycles. The van der Waals surface area contributed by atoms with Crippen LogP contribution in [0.15, 0.2) is 36.1 Å². The summed E-state index contributed by atoms with van der Waals surface area (Å²) in [6.45, 7) is 5.64. The number of aliphatic carboxylic acids is 1. The van der Waals surface area contributed by atoms with E-state index < -0.39 is 5.97 Å². The fourth-order valence-electron chi connectivity index (χ4n) is 4.88. The van der Waals surface area contributed by atoms with E-state index in [2.05, 4.69) is 12.7 Å². The summed E-state index contributed by atoms with van der Waals surface area (Å²) >= 11 is 0. The SMILES string of the molecule is C=C/C(O)=C\C(=C/C)C12CCCC(CCC1)C2CCC(=O)O. The van der Waals surface area contributed by atoms with Crippen molar-refractivity contribution in [1.29, 1.82) is 0 Å². The number of aliphatic hydroxyl groups excluding tert-OH is 1. The van der Waals surface area contributed by atoms with Gasteiger partial charge in [0.2, 0.25) is 0 Å². The number of fused-ring (bicyclic) bond motifs is 2. The van der Waals surface area contributed by atoms with E-state index in [0.717, 1.165) is 19.3 Å². The second-order valence-electron chi connectivity index (χ2n) is 6.76. The van der Waals surface area contributed by atoms with Gasteiger partial charge in [-0.25, -0.2) is 0 Å². The molecule has 2 bridgehead atoms. The van der Waals surface area contributed by atoms with Gasteiger partial charge in [0.1, 0.15) is 5.76 Å². The fourth-order valence-corrected chi connectivity index (χ4v) is 4.88. The Morgan fingerprint density at radius 1 is 1.27 bits per heavy atom. The van der Waals surface area contributed by atoms with Crippen molar-refractivity contribution >= 4 is 5.97 Å². The van der Waals surface area contributed by atoms with E-state index in [1.165, 1.54) is 37.3 Å². The van der Waals surface area contributed by atoms with Crippen molar-refractivity contribution in [2.75, 3.05) is 0 Å². The number of carboxylic acids is 1. The highest BCUT2D eigenvalue weighted by Gasteiger charge is 2.48. The average Bonchev–Trinajstić information content (AvgIpc) is 2.49. The maximum atomic E-state index is 11.0. The van der Waals surface area contributed by atoms with E-state index in [1.807, 2.05) is 13.0 Å². The Hall–Kier alpha value is -1.51. The summed E-state index contributed by atoms with van der Waals surface area (Å²) in [6.07, 6.45) is 13.5. The minimum atomic E-state index is -0.703. The maximum absolute atomic E-state index is 11.0. The zero-order chi connectivity index (χ0) is 16.2. The van der Waals surface area contributed by atoms with Crippen molar-refractivity contribution in [1.82, 2.24) is 0 Å². The van der Waals surface area contributed by atoms with Gasteiger partial charge >= 0.3 is 5.97 Å². The lowest BCUT2D eigenvalue weighted by Crippen LogP contribution is -2.44. The van der Waals surface area contributed by atoms with Gasteiger partial charge in [-0.05, 0) is 61.2 Å². The Morgan fingerprint density at radius 2 is 1.91 bits per heavy atom. The second kappa shape index (κ2) is 7.17. The predicted octanol–water partition coefficient (Wildman–Crippen LogP) is 5.01. The Morgan fingerprint density at radius 3 is 2.41 bits per heavy atom. The summed E-state index contributed by atoms with van der Waals surface area (Å²) in [6, 6.07) is 0. The van der Waals surface area contributed by atoms with E-state index in [0.29, 0.717) is 11.8 Å². The Bertz CT molecular complexity index is 477. The maximum Gasteiger partial charge on any atom is 0.303 e. The summed E-state index contributed by atoms with van der Waals surface area (Å²) in [5.74, 6) is 0.555. The number of rotatable bonds is 6. The number of carbonyl (C=O) groups is 1. The van der Waals surface area contributed by atoms with Crippen molar-refractivity contribution in [3.05, 3.63) is 36.1 Å².